The smallest absolute Gasteiger partial charge is 0.258 e. The molecule has 1 saturated heterocycles. The van der Waals surface area contributed by atoms with Gasteiger partial charge in [-0.05, 0) is 44.4 Å². The zero-order valence-corrected chi connectivity index (χ0v) is 24.2. The van der Waals surface area contributed by atoms with Gasteiger partial charge in [0.15, 0.2) is 9.34 Å². The van der Waals surface area contributed by atoms with Gasteiger partial charge >= 0.3 is 0 Å². The average Bonchev–Trinajstić information content (AvgIpc) is 3.43. The number of hydrogen-bond acceptors (Lipinski definition) is 8. The molecule has 3 aromatic rings. The van der Waals surface area contributed by atoms with E-state index in [-0.39, 0.29) is 33.4 Å². The summed E-state index contributed by atoms with van der Waals surface area (Å²) in [5.41, 5.74) is 2.13. The van der Waals surface area contributed by atoms with E-state index in [0.717, 1.165) is 27.8 Å². The van der Waals surface area contributed by atoms with Gasteiger partial charge in [-0.1, -0.05) is 29.9 Å². The first-order valence-corrected chi connectivity index (χ1v) is 15.3. The van der Waals surface area contributed by atoms with Crippen LogP contribution in [0.2, 0.25) is 0 Å². The fourth-order valence-electron chi connectivity index (χ4n) is 5.35. The van der Waals surface area contributed by atoms with Crippen molar-refractivity contribution in [2.45, 2.75) is 49.8 Å². The molecule has 0 aliphatic carbocycles. The Hall–Kier alpha value is -3.39. The molecule has 2 aliphatic rings. The molecule has 1 atom stereocenters. The highest BCUT2D eigenvalue weighted by Crippen LogP contribution is 2.41. The Kier molecular flexibility index (Phi) is 7.91. The van der Waals surface area contributed by atoms with Crippen molar-refractivity contribution in [1.29, 1.82) is 0 Å². The molecule has 13 heteroatoms. The molecule has 1 fully saturated rings. The average molecular weight is 586 g/mol. The Balaban J connectivity index is 1.43. The summed E-state index contributed by atoms with van der Waals surface area (Å²) in [6, 6.07) is 8.07. The third kappa shape index (κ3) is 5.09. The van der Waals surface area contributed by atoms with Crippen molar-refractivity contribution in [2.24, 2.45) is 0 Å². The second-order valence-electron chi connectivity index (χ2n) is 9.85. The first-order valence-electron chi connectivity index (χ1n) is 13.1. The summed E-state index contributed by atoms with van der Waals surface area (Å²) < 4.78 is 33.8. The van der Waals surface area contributed by atoms with Crippen LogP contribution in [0.15, 0.2) is 34.5 Å². The summed E-state index contributed by atoms with van der Waals surface area (Å²) in [4.78, 5) is 44.1. The number of piperidine rings is 1. The molecular weight excluding hydrogens is 554 g/mol. The molecule has 5 rings (SSSR count). The lowest BCUT2D eigenvalue weighted by molar-refractivity contribution is -0.120. The second kappa shape index (κ2) is 11.2. The topological polar surface area (TPSA) is 138 Å². The normalized spacial score (nSPS) is 17.4. The van der Waals surface area contributed by atoms with Gasteiger partial charge in [0.25, 0.3) is 15.9 Å². The fourth-order valence-corrected chi connectivity index (χ4v) is 8.58. The Morgan fingerprint density at radius 2 is 1.98 bits per heavy atom. The second-order valence-corrected chi connectivity index (χ2v) is 12.9. The van der Waals surface area contributed by atoms with Crippen LogP contribution in [0.5, 0.6) is 0 Å². The van der Waals surface area contributed by atoms with Crippen molar-refractivity contribution in [3.05, 3.63) is 41.6 Å². The van der Waals surface area contributed by atoms with Crippen LogP contribution in [0.3, 0.4) is 0 Å². The maximum atomic E-state index is 13.7. The molecule has 212 valence electrons. The number of anilines is 3. The number of aryl methyl sites for hydroxylation is 1. The molecular formula is C27H31N5O6S2. The van der Waals surface area contributed by atoms with Crippen molar-refractivity contribution in [3.8, 4) is 0 Å². The van der Waals surface area contributed by atoms with Crippen molar-refractivity contribution in [3.63, 3.8) is 0 Å². The quantitative estimate of drug-likeness (QED) is 0.365. The monoisotopic (exact) mass is 585 g/mol. The van der Waals surface area contributed by atoms with Crippen LogP contribution in [0, 0.1) is 6.92 Å². The molecule has 0 saturated carbocycles. The highest BCUT2D eigenvalue weighted by atomic mass is 32.2. The standard InChI is InChI=1S/C27H31N5O6S2/c1-16-26(39-27(28-16)29-17(2)33)40(36,37)32-14-5-4-10-22(32)24(34)30-20-11-12-21-23-18(20)8-6-9-19(23)25(35)31(21)13-7-15-38-3/h6,8-9,11-12,22H,4-5,7,10,13-15H2,1-3H3,(H,30,34)(H,28,29,33). The highest BCUT2D eigenvalue weighted by Gasteiger charge is 2.40. The molecule has 1 unspecified atom stereocenters. The lowest BCUT2D eigenvalue weighted by Crippen LogP contribution is -2.49. The third-order valence-corrected chi connectivity index (χ3v) is 10.7. The van der Waals surface area contributed by atoms with Gasteiger partial charge in [-0.15, -0.1) is 0 Å². The van der Waals surface area contributed by atoms with E-state index in [1.165, 1.54) is 11.2 Å². The maximum Gasteiger partial charge on any atom is 0.258 e. The van der Waals surface area contributed by atoms with Gasteiger partial charge in [0.05, 0.1) is 11.4 Å². The van der Waals surface area contributed by atoms with E-state index in [9.17, 15) is 22.8 Å². The number of benzene rings is 2. The number of thiazole rings is 1. The van der Waals surface area contributed by atoms with Gasteiger partial charge in [-0.3, -0.25) is 14.4 Å². The number of nitrogens with zero attached hydrogens (tertiary/aromatic N) is 3. The van der Waals surface area contributed by atoms with Crippen LogP contribution in [-0.2, 0) is 24.3 Å². The van der Waals surface area contributed by atoms with Crippen LogP contribution in [0.25, 0.3) is 10.8 Å². The van der Waals surface area contributed by atoms with Gasteiger partial charge in [-0.2, -0.15) is 4.31 Å². The van der Waals surface area contributed by atoms with E-state index >= 15 is 0 Å². The Labute approximate surface area is 236 Å². The van der Waals surface area contributed by atoms with Gasteiger partial charge in [-0.25, -0.2) is 13.4 Å². The van der Waals surface area contributed by atoms with E-state index in [4.69, 9.17) is 4.74 Å². The zero-order valence-electron chi connectivity index (χ0n) is 22.5. The molecule has 0 spiro atoms. The number of amides is 3. The van der Waals surface area contributed by atoms with E-state index in [0.29, 0.717) is 50.1 Å². The lowest BCUT2D eigenvalue weighted by atomic mass is 10.0. The molecule has 0 bridgehead atoms. The molecule has 2 aromatic carbocycles. The first kappa shape index (κ1) is 28.1. The maximum absolute atomic E-state index is 13.7. The molecule has 3 heterocycles. The lowest BCUT2D eigenvalue weighted by Gasteiger charge is -2.33. The predicted molar refractivity (Wildman–Crippen MR) is 153 cm³/mol. The van der Waals surface area contributed by atoms with Gasteiger partial charge in [0.1, 0.15) is 6.04 Å². The number of hydrogen-bond donors (Lipinski definition) is 2. The van der Waals surface area contributed by atoms with Crippen LogP contribution in [0.1, 0.15) is 48.7 Å². The number of aromatic nitrogens is 1. The van der Waals surface area contributed by atoms with Crippen LogP contribution < -0.4 is 15.5 Å². The highest BCUT2D eigenvalue weighted by molar-refractivity contribution is 7.91. The Morgan fingerprint density at radius 3 is 2.73 bits per heavy atom. The first-order chi connectivity index (χ1) is 19.1. The molecule has 2 N–H and O–H groups in total. The molecule has 40 heavy (non-hydrogen) atoms. The van der Waals surface area contributed by atoms with Crippen molar-refractivity contribution >= 4 is 66.4 Å². The van der Waals surface area contributed by atoms with E-state index < -0.39 is 22.0 Å². The number of sulfonamides is 1. The van der Waals surface area contributed by atoms with E-state index in [1.54, 1.807) is 37.1 Å². The number of carbonyl (C=O) groups is 3. The number of carbonyl (C=O) groups excluding carboxylic acids is 3. The summed E-state index contributed by atoms with van der Waals surface area (Å²) in [5.74, 6) is -0.879. The predicted octanol–water partition coefficient (Wildman–Crippen LogP) is 3.74. The largest absolute Gasteiger partial charge is 0.385 e. The van der Waals surface area contributed by atoms with Crippen LogP contribution in [0.4, 0.5) is 16.5 Å². The van der Waals surface area contributed by atoms with Gasteiger partial charge < -0.3 is 20.3 Å². The zero-order chi connectivity index (χ0) is 28.6. The third-order valence-electron chi connectivity index (χ3n) is 7.11. The SMILES string of the molecule is COCCCN1C(=O)c2cccc3c(NC(=O)C4CCCCN4S(=O)(=O)c4sc(NC(C)=O)nc4C)ccc1c23. The van der Waals surface area contributed by atoms with Crippen LogP contribution in [-0.4, -0.2) is 68.3 Å². The summed E-state index contributed by atoms with van der Waals surface area (Å²) in [7, 11) is -2.43. The molecule has 1 aromatic heterocycles. The van der Waals surface area contributed by atoms with Crippen molar-refractivity contribution in [1.82, 2.24) is 9.29 Å². The summed E-state index contributed by atoms with van der Waals surface area (Å²) in [6.07, 6.45) is 2.39. The van der Waals surface area contributed by atoms with Crippen molar-refractivity contribution < 1.29 is 27.5 Å². The summed E-state index contributed by atoms with van der Waals surface area (Å²) in [5, 5.41) is 7.16. The Morgan fingerprint density at radius 1 is 1.18 bits per heavy atom. The van der Waals surface area contributed by atoms with Crippen molar-refractivity contribution in [2.75, 3.05) is 42.3 Å². The van der Waals surface area contributed by atoms with Gasteiger partial charge in [0.2, 0.25) is 11.8 Å². The van der Waals surface area contributed by atoms with E-state index in [1.807, 2.05) is 12.1 Å². The van der Waals surface area contributed by atoms with Gasteiger partial charge in [0, 0.05) is 55.8 Å². The molecule has 0 radical (unpaired) electrons. The fraction of sp³-hybridized carbons (Fsp3) is 0.407. The number of nitrogens with one attached hydrogen (secondary N) is 2. The van der Waals surface area contributed by atoms with Crippen LogP contribution >= 0.6 is 11.3 Å². The van der Waals surface area contributed by atoms with E-state index in [2.05, 4.69) is 15.6 Å². The number of methoxy groups -OCH3 is 1. The molecule has 2 aliphatic heterocycles. The minimum Gasteiger partial charge on any atom is -0.385 e. The minimum absolute atomic E-state index is 0.00774. The molecule has 3 amide bonds. The summed E-state index contributed by atoms with van der Waals surface area (Å²) >= 11 is 0.877. The number of rotatable bonds is 9. The number of ether oxygens (including phenoxy) is 1. The summed E-state index contributed by atoms with van der Waals surface area (Å²) in [6.45, 7) is 4.14. The Bertz CT molecular complexity index is 1600. The minimum atomic E-state index is -4.05. The molecule has 11 nitrogen and oxygen atoms in total.